The molecular formula is C18H18N2O. The topological polar surface area (TPSA) is 55.1 Å². The summed E-state index contributed by atoms with van der Waals surface area (Å²) in [5, 5.41) is 2.90. The van der Waals surface area contributed by atoms with Gasteiger partial charge in [-0.05, 0) is 49.7 Å². The normalized spacial score (nSPS) is 9.67. The summed E-state index contributed by atoms with van der Waals surface area (Å²) in [7, 11) is 0. The van der Waals surface area contributed by atoms with Gasteiger partial charge in [-0.25, -0.2) is 0 Å². The first kappa shape index (κ1) is 14.8. The predicted molar refractivity (Wildman–Crippen MR) is 86.2 cm³/mol. The molecule has 0 heterocycles. The van der Waals surface area contributed by atoms with E-state index in [1.807, 2.05) is 56.3 Å². The summed E-state index contributed by atoms with van der Waals surface area (Å²) in [5.74, 6) is 5.67. The van der Waals surface area contributed by atoms with E-state index in [1.54, 1.807) is 0 Å². The van der Waals surface area contributed by atoms with Gasteiger partial charge in [0.1, 0.15) is 0 Å². The van der Waals surface area contributed by atoms with Crippen LogP contribution in [-0.2, 0) is 0 Å². The summed E-state index contributed by atoms with van der Waals surface area (Å²) < 4.78 is 0. The average Bonchev–Trinajstić information content (AvgIpc) is 2.45. The lowest BCUT2D eigenvalue weighted by Crippen LogP contribution is -2.12. The molecule has 2 aromatic rings. The van der Waals surface area contributed by atoms with Gasteiger partial charge in [0, 0.05) is 16.8 Å². The Labute approximate surface area is 125 Å². The standard InChI is InChI=1S/C18H18N2O/c1-13-5-7-16(8-6-13)18(21)20-17-11-14(2)10-15(12-17)4-3-9-19/h5-8,10-12H,9,19H2,1-2H3,(H,20,21). The smallest absolute Gasteiger partial charge is 0.255 e. The fraction of sp³-hybridized carbons (Fsp3) is 0.167. The summed E-state index contributed by atoms with van der Waals surface area (Å²) >= 11 is 0. The maximum Gasteiger partial charge on any atom is 0.255 e. The molecule has 0 saturated heterocycles. The Balaban J connectivity index is 2.20. The Morgan fingerprint density at radius 1 is 1.10 bits per heavy atom. The van der Waals surface area contributed by atoms with Crippen LogP contribution in [0.5, 0.6) is 0 Å². The highest BCUT2D eigenvalue weighted by atomic mass is 16.1. The van der Waals surface area contributed by atoms with E-state index in [0.717, 1.165) is 22.4 Å². The van der Waals surface area contributed by atoms with E-state index < -0.39 is 0 Å². The van der Waals surface area contributed by atoms with Crippen LogP contribution in [0.3, 0.4) is 0 Å². The maximum atomic E-state index is 12.2. The highest BCUT2D eigenvalue weighted by Crippen LogP contribution is 2.15. The number of nitrogens with two attached hydrogens (primary N) is 1. The molecule has 2 rings (SSSR count). The van der Waals surface area contributed by atoms with Crippen molar-refractivity contribution in [2.24, 2.45) is 5.73 Å². The number of benzene rings is 2. The number of aryl methyl sites for hydroxylation is 2. The fourth-order valence-corrected chi connectivity index (χ4v) is 1.99. The van der Waals surface area contributed by atoms with Crippen LogP contribution in [0.4, 0.5) is 5.69 Å². The van der Waals surface area contributed by atoms with Gasteiger partial charge in [-0.1, -0.05) is 29.5 Å². The summed E-state index contributed by atoms with van der Waals surface area (Å²) in [4.78, 5) is 12.2. The van der Waals surface area contributed by atoms with Gasteiger partial charge < -0.3 is 11.1 Å². The molecule has 106 valence electrons. The fourth-order valence-electron chi connectivity index (χ4n) is 1.99. The van der Waals surface area contributed by atoms with Crippen molar-refractivity contribution in [3.05, 3.63) is 64.7 Å². The van der Waals surface area contributed by atoms with Gasteiger partial charge in [0.15, 0.2) is 0 Å². The van der Waals surface area contributed by atoms with Crippen LogP contribution in [0, 0.1) is 25.7 Å². The van der Waals surface area contributed by atoms with E-state index in [9.17, 15) is 4.79 Å². The van der Waals surface area contributed by atoms with Crippen molar-refractivity contribution in [3.8, 4) is 11.8 Å². The molecule has 3 heteroatoms. The van der Waals surface area contributed by atoms with E-state index >= 15 is 0 Å². The van der Waals surface area contributed by atoms with Crippen LogP contribution in [0.25, 0.3) is 0 Å². The lowest BCUT2D eigenvalue weighted by molar-refractivity contribution is 0.102. The summed E-state index contributed by atoms with van der Waals surface area (Å²) in [6.07, 6.45) is 0. The summed E-state index contributed by atoms with van der Waals surface area (Å²) in [5.41, 5.74) is 9.76. The number of nitrogens with one attached hydrogen (secondary N) is 1. The molecule has 3 N–H and O–H groups in total. The number of hydrogen-bond acceptors (Lipinski definition) is 2. The molecular weight excluding hydrogens is 260 g/mol. The van der Waals surface area contributed by atoms with E-state index in [2.05, 4.69) is 17.2 Å². The van der Waals surface area contributed by atoms with Crippen LogP contribution in [0.15, 0.2) is 42.5 Å². The minimum Gasteiger partial charge on any atom is -0.322 e. The molecule has 0 aliphatic rings. The zero-order chi connectivity index (χ0) is 15.2. The molecule has 21 heavy (non-hydrogen) atoms. The Morgan fingerprint density at radius 2 is 1.81 bits per heavy atom. The second kappa shape index (κ2) is 6.74. The molecule has 0 spiro atoms. The number of amides is 1. The molecule has 0 saturated carbocycles. The lowest BCUT2D eigenvalue weighted by atomic mass is 10.1. The van der Waals surface area contributed by atoms with Crippen molar-refractivity contribution >= 4 is 11.6 Å². The highest BCUT2D eigenvalue weighted by molar-refractivity contribution is 6.04. The zero-order valence-electron chi connectivity index (χ0n) is 12.2. The van der Waals surface area contributed by atoms with E-state index in [4.69, 9.17) is 5.73 Å². The van der Waals surface area contributed by atoms with Gasteiger partial charge in [-0.15, -0.1) is 0 Å². The van der Waals surface area contributed by atoms with Crippen molar-refractivity contribution in [3.63, 3.8) is 0 Å². The van der Waals surface area contributed by atoms with Gasteiger partial charge in [0.25, 0.3) is 5.91 Å². The number of rotatable bonds is 2. The lowest BCUT2D eigenvalue weighted by Gasteiger charge is -2.07. The monoisotopic (exact) mass is 278 g/mol. The molecule has 1 amide bonds. The first-order valence-corrected chi connectivity index (χ1v) is 6.77. The third-order valence-electron chi connectivity index (χ3n) is 2.98. The van der Waals surface area contributed by atoms with Crippen LogP contribution in [-0.4, -0.2) is 12.5 Å². The van der Waals surface area contributed by atoms with Gasteiger partial charge in [-0.2, -0.15) is 0 Å². The third-order valence-corrected chi connectivity index (χ3v) is 2.98. The van der Waals surface area contributed by atoms with Crippen molar-refractivity contribution in [1.82, 2.24) is 0 Å². The van der Waals surface area contributed by atoms with E-state index in [-0.39, 0.29) is 5.91 Å². The number of anilines is 1. The van der Waals surface area contributed by atoms with Crippen molar-refractivity contribution in [2.75, 3.05) is 11.9 Å². The molecule has 3 nitrogen and oxygen atoms in total. The van der Waals surface area contributed by atoms with E-state index in [1.165, 1.54) is 0 Å². The number of carbonyl (C=O) groups is 1. The molecule has 0 atom stereocenters. The average molecular weight is 278 g/mol. The van der Waals surface area contributed by atoms with Crippen molar-refractivity contribution in [1.29, 1.82) is 0 Å². The van der Waals surface area contributed by atoms with Crippen LogP contribution in [0.1, 0.15) is 27.0 Å². The quantitative estimate of drug-likeness (QED) is 0.830. The van der Waals surface area contributed by atoms with Crippen molar-refractivity contribution in [2.45, 2.75) is 13.8 Å². The minimum absolute atomic E-state index is 0.127. The highest BCUT2D eigenvalue weighted by Gasteiger charge is 2.06. The molecule has 0 fully saturated rings. The minimum atomic E-state index is -0.127. The van der Waals surface area contributed by atoms with Crippen LogP contribution < -0.4 is 11.1 Å². The number of hydrogen-bond donors (Lipinski definition) is 2. The van der Waals surface area contributed by atoms with Crippen molar-refractivity contribution < 1.29 is 4.79 Å². The molecule has 0 radical (unpaired) electrons. The number of carbonyl (C=O) groups excluding carboxylic acids is 1. The largest absolute Gasteiger partial charge is 0.322 e. The second-order valence-electron chi connectivity index (χ2n) is 4.91. The third kappa shape index (κ3) is 4.20. The first-order chi connectivity index (χ1) is 10.1. The Hall–Kier alpha value is -2.57. The van der Waals surface area contributed by atoms with Gasteiger partial charge in [0.05, 0.1) is 6.54 Å². The van der Waals surface area contributed by atoms with Crippen LogP contribution >= 0.6 is 0 Å². The molecule has 2 aromatic carbocycles. The van der Waals surface area contributed by atoms with E-state index in [0.29, 0.717) is 12.1 Å². The van der Waals surface area contributed by atoms with Crippen LogP contribution in [0.2, 0.25) is 0 Å². The molecule has 0 aliphatic heterocycles. The summed E-state index contributed by atoms with van der Waals surface area (Å²) in [6, 6.07) is 13.2. The predicted octanol–water partition coefficient (Wildman–Crippen LogP) is 2.87. The SMILES string of the molecule is Cc1ccc(C(=O)Nc2cc(C)cc(C#CCN)c2)cc1. The first-order valence-electron chi connectivity index (χ1n) is 6.77. The van der Waals surface area contributed by atoms with Gasteiger partial charge >= 0.3 is 0 Å². The second-order valence-corrected chi connectivity index (χ2v) is 4.91. The Bertz CT molecular complexity index is 706. The van der Waals surface area contributed by atoms with Gasteiger partial charge in [-0.3, -0.25) is 4.79 Å². The molecule has 0 bridgehead atoms. The maximum absolute atomic E-state index is 12.2. The van der Waals surface area contributed by atoms with Gasteiger partial charge in [0.2, 0.25) is 0 Å². The zero-order valence-corrected chi connectivity index (χ0v) is 12.2. The Morgan fingerprint density at radius 3 is 2.48 bits per heavy atom. The molecule has 0 aromatic heterocycles. The Kier molecular flexibility index (Phi) is 4.76. The summed E-state index contributed by atoms with van der Waals surface area (Å²) in [6.45, 7) is 4.28. The molecule has 0 aliphatic carbocycles. The molecule has 0 unspecified atom stereocenters.